The molecule has 1 N–H and O–H groups in total. The fourth-order valence-electron chi connectivity index (χ4n) is 2.37. The zero-order chi connectivity index (χ0) is 12.3. The quantitative estimate of drug-likeness (QED) is 0.812. The molecule has 0 unspecified atom stereocenters. The third-order valence-electron chi connectivity index (χ3n) is 3.30. The summed E-state index contributed by atoms with van der Waals surface area (Å²) in [5, 5.41) is 9.08. The lowest BCUT2D eigenvalue weighted by Crippen LogP contribution is -2.24. The van der Waals surface area contributed by atoms with Crippen molar-refractivity contribution in [3.8, 4) is 0 Å². The Morgan fingerprint density at radius 3 is 3.00 bits per heavy atom. The molecule has 1 aromatic carbocycles. The molecule has 0 saturated heterocycles. The minimum absolute atomic E-state index is 0.00225. The molecule has 0 saturated carbocycles. The maximum Gasteiger partial charge on any atom is 0.309 e. The molecule has 92 valence electrons. The van der Waals surface area contributed by atoms with Crippen molar-refractivity contribution in [2.45, 2.75) is 32.8 Å². The van der Waals surface area contributed by atoms with E-state index in [1.165, 1.54) is 11.1 Å². The summed E-state index contributed by atoms with van der Waals surface area (Å²) >= 11 is 0. The van der Waals surface area contributed by atoms with Crippen molar-refractivity contribution in [1.82, 2.24) is 0 Å². The van der Waals surface area contributed by atoms with E-state index >= 15 is 0 Å². The van der Waals surface area contributed by atoms with Gasteiger partial charge in [0.05, 0.1) is 19.1 Å². The van der Waals surface area contributed by atoms with Gasteiger partial charge < -0.3 is 9.84 Å². The summed E-state index contributed by atoms with van der Waals surface area (Å²) in [7, 11) is 0. The summed E-state index contributed by atoms with van der Waals surface area (Å²) in [5.41, 5.74) is 3.42. The molecule has 1 aromatic rings. The summed E-state index contributed by atoms with van der Waals surface area (Å²) in [5.74, 6) is -0.0770. The zero-order valence-electron chi connectivity index (χ0n) is 10.1. The van der Waals surface area contributed by atoms with Crippen molar-refractivity contribution in [1.29, 1.82) is 0 Å². The molecule has 0 heterocycles. The molecule has 0 aliphatic heterocycles. The summed E-state index contributed by atoms with van der Waals surface area (Å²) in [4.78, 5) is 11.7. The number of aliphatic hydroxyl groups is 1. The molecule has 3 nitrogen and oxygen atoms in total. The third-order valence-corrected chi connectivity index (χ3v) is 3.30. The van der Waals surface area contributed by atoms with Gasteiger partial charge in [0.1, 0.15) is 0 Å². The summed E-state index contributed by atoms with van der Waals surface area (Å²) in [6.45, 7) is 2.36. The van der Waals surface area contributed by atoms with Crippen LogP contribution < -0.4 is 0 Å². The van der Waals surface area contributed by atoms with E-state index < -0.39 is 0 Å². The largest absolute Gasteiger partial charge is 0.466 e. The monoisotopic (exact) mass is 234 g/mol. The Bertz CT molecular complexity index is 412. The summed E-state index contributed by atoms with van der Waals surface area (Å²) in [6, 6.07) is 5.98. The number of benzene rings is 1. The van der Waals surface area contributed by atoms with Gasteiger partial charge in [-0.05, 0) is 42.9 Å². The van der Waals surface area contributed by atoms with Gasteiger partial charge in [-0.25, -0.2) is 0 Å². The first-order chi connectivity index (χ1) is 8.24. The first-order valence-electron chi connectivity index (χ1n) is 6.12. The Kier molecular flexibility index (Phi) is 3.79. The Morgan fingerprint density at radius 2 is 2.29 bits per heavy atom. The third kappa shape index (κ3) is 2.67. The topological polar surface area (TPSA) is 46.5 Å². The molecular formula is C14H18O3. The van der Waals surface area contributed by atoms with Gasteiger partial charge in [-0.1, -0.05) is 18.2 Å². The van der Waals surface area contributed by atoms with E-state index in [0.717, 1.165) is 24.8 Å². The van der Waals surface area contributed by atoms with Crippen molar-refractivity contribution < 1.29 is 14.6 Å². The lowest BCUT2D eigenvalue weighted by Gasteiger charge is -2.23. The number of aliphatic hydroxyl groups excluding tert-OH is 1. The summed E-state index contributed by atoms with van der Waals surface area (Å²) in [6.07, 6.45) is 2.51. The van der Waals surface area contributed by atoms with Gasteiger partial charge in [0, 0.05) is 0 Å². The van der Waals surface area contributed by atoms with Crippen LogP contribution in [0.4, 0.5) is 0 Å². The van der Waals surface area contributed by atoms with Crippen molar-refractivity contribution in [2.24, 2.45) is 5.92 Å². The summed E-state index contributed by atoms with van der Waals surface area (Å²) < 4.78 is 5.06. The SMILES string of the molecule is CCOC(=O)[C@@H]1CCc2cc(CO)ccc2C1. The van der Waals surface area contributed by atoms with Gasteiger partial charge in [0.15, 0.2) is 0 Å². The molecule has 17 heavy (non-hydrogen) atoms. The highest BCUT2D eigenvalue weighted by Crippen LogP contribution is 2.27. The highest BCUT2D eigenvalue weighted by atomic mass is 16.5. The van der Waals surface area contributed by atoms with Crippen LogP contribution in [0.2, 0.25) is 0 Å². The first-order valence-corrected chi connectivity index (χ1v) is 6.12. The van der Waals surface area contributed by atoms with Crippen LogP contribution >= 0.6 is 0 Å². The zero-order valence-corrected chi connectivity index (χ0v) is 10.1. The van der Waals surface area contributed by atoms with Crippen molar-refractivity contribution in [3.63, 3.8) is 0 Å². The molecule has 1 atom stereocenters. The Labute approximate surface area is 101 Å². The van der Waals surface area contributed by atoms with Gasteiger partial charge in [0.2, 0.25) is 0 Å². The molecule has 0 fully saturated rings. The molecule has 0 radical (unpaired) electrons. The van der Waals surface area contributed by atoms with Crippen LogP contribution in [0.5, 0.6) is 0 Å². The number of esters is 1. The minimum atomic E-state index is -0.0793. The number of aryl methyl sites for hydroxylation is 1. The molecule has 2 rings (SSSR count). The average Bonchev–Trinajstić information content (AvgIpc) is 2.37. The number of hydrogen-bond donors (Lipinski definition) is 1. The number of ether oxygens (including phenoxy) is 1. The van der Waals surface area contributed by atoms with E-state index in [4.69, 9.17) is 9.84 Å². The lowest BCUT2D eigenvalue weighted by molar-refractivity contribution is -0.148. The van der Waals surface area contributed by atoms with E-state index in [2.05, 4.69) is 0 Å². The number of fused-ring (bicyclic) bond motifs is 1. The maximum atomic E-state index is 11.7. The molecule has 1 aliphatic carbocycles. The molecule has 3 heteroatoms. The normalized spacial score (nSPS) is 18.6. The maximum absolute atomic E-state index is 11.7. The molecule has 0 spiro atoms. The fourth-order valence-corrected chi connectivity index (χ4v) is 2.37. The van der Waals surface area contributed by atoms with E-state index in [-0.39, 0.29) is 18.5 Å². The predicted octanol–water partition coefficient (Wildman–Crippen LogP) is 1.85. The van der Waals surface area contributed by atoms with E-state index in [1.807, 2.05) is 25.1 Å². The number of rotatable bonds is 3. The van der Waals surface area contributed by atoms with Crippen LogP contribution in [-0.2, 0) is 29.0 Å². The van der Waals surface area contributed by atoms with Crippen LogP contribution in [-0.4, -0.2) is 17.7 Å². The Balaban J connectivity index is 2.11. The van der Waals surface area contributed by atoms with Gasteiger partial charge in [-0.2, -0.15) is 0 Å². The van der Waals surface area contributed by atoms with Gasteiger partial charge >= 0.3 is 5.97 Å². The van der Waals surface area contributed by atoms with Gasteiger partial charge in [-0.3, -0.25) is 4.79 Å². The minimum Gasteiger partial charge on any atom is -0.466 e. The second-order valence-electron chi connectivity index (χ2n) is 4.45. The number of hydrogen-bond acceptors (Lipinski definition) is 3. The second-order valence-corrected chi connectivity index (χ2v) is 4.45. The standard InChI is InChI=1S/C14H18O3/c1-2-17-14(16)13-6-5-11-7-10(9-15)3-4-12(11)8-13/h3-4,7,13,15H,2,5-6,8-9H2,1H3/t13-/m1/s1. The van der Waals surface area contributed by atoms with Crippen molar-refractivity contribution >= 4 is 5.97 Å². The van der Waals surface area contributed by atoms with Crippen LogP contribution in [0.25, 0.3) is 0 Å². The molecular weight excluding hydrogens is 216 g/mol. The van der Waals surface area contributed by atoms with Crippen molar-refractivity contribution in [3.05, 3.63) is 34.9 Å². The van der Waals surface area contributed by atoms with Crippen LogP contribution in [0.15, 0.2) is 18.2 Å². The highest BCUT2D eigenvalue weighted by molar-refractivity contribution is 5.73. The highest BCUT2D eigenvalue weighted by Gasteiger charge is 2.25. The number of carbonyl (C=O) groups excluding carboxylic acids is 1. The van der Waals surface area contributed by atoms with Crippen LogP contribution in [0.1, 0.15) is 30.0 Å². The predicted molar refractivity (Wildman–Crippen MR) is 64.5 cm³/mol. The first kappa shape index (κ1) is 12.1. The molecule has 0 amide bonds. The molecule has 0 bridgehead atoms. The second kappa shape index (κ2) is 5.32. The van der Waals surface area contributed by atoms with Gasteiger partial charge in [-0.15, -0.1) is 0 Å². The van der Waals surface area contributed by atoms with E-state index in [0.29, 0.717) is 6.61 Å². The Hall–Kier alpha value is -1.35. The Morgan fingerprint density at radius 1 is 1.47 bits per heavy atom. The fraction of sp³-hybridized carbons (Fsp3) is 0.500. The van der Waals surface area contributed by atoms with Gasteiger partial charge in [0.25, 0.3) is 0 Å². The smallest absolute Gasteiger partial charge is 0.309 e. The molecule has 0 aromatic heterocycles. The van der Waals surface area contributed by atoms with E-state index in [1.54, 1.807) is 0 Å². The lowest BCUT2D eigenvalue weighted by atomic mass is 9.83. The number of carbonyl (C=O) groups is 1. The van der Waals surface area contributed by atoms with E-state index in [9.17, 15) is 4.79 Å². The van der Waals surface area contributed by atoms with Crippen molar-refractivity contribution in [2.75, 3.05) is 6.61 Å². The van der Waals surface area contributed by atoms with Crippen LogP contribution in [0, 0.1) is 5.92 Å². The molecule has 1 aliphatic rings. The van der Waals surface area contributed by atoms with Crippen LogP contribution in [0.3, 0.4) is 0 Å². The average molecular weight is 234 g/mol.